The van der Waals surface area contributed by atoms with Gasteiger partial charge in [-0.3, -0.25) is 19.1 Å². The summed E-state index contributed by atoms with van der Waals surface area (Å²) < 4.78 is 1.25. The van der Waals surface area contributed by atoms with Crippen LogP contribution in [0, 0.1) is 0 Å². The zero-order valence-electron chi connectivity index (χ0n) is 13.8. The molecule has 1 aliphatic rings. The molecule has 1 amide bonds. The van der Waals surface area contributed by atoms with Gasteiger partial charge in [0, 0.05) is 31.9 Å². The summed E-state index contributed by atoms with van der Waals surface area (Å²) >= 11 is 0. The van der Waals surface area contributed by atoms with Crippen molar-refractivity contribution in [1.82, 2.24) is 19.4 Å². The van der Waals surface area contributed by atoms with Gasteiger partial charge in [0.15, 0.2) is 0 Å². The van der Waals surface area contributed by atoms with E-state index >= 15 is 0 Å². The number of H-pyrrole nitrogens is 1. The first-order chi connectivity index (χ1) is 11.4. The van der Waals surface area contributed by atoms with E-state index in [0.29, 0.717) is 12.1 Å². The molecule has 128 valence electrons. The third-order valence-electron chi connectivity index (χ3n) is 4.62. The molecule has 0 unspecified atom stereocenters. The number of nitrogens with one attached hydrogen (secondary N) is 1. The molecule has 3 rings (SSSR count). The van der Waals surface area contributed by atoms with Crippen LogP contribution in [-0.2, 0) is 7.05 Å². The third-order valence-corrected chi connectivity index (χ3v) is 4.62. The fraction of sp³-hybridized carbons (Fsp3) is 0.500. The first kappa shape index (κ1) is 16.4. The number of piperidine rings is 1. The molecule has 0 spiro atoms. The maximum atomic E-state index is 12.9. The maximum Gasteiger partial charge on any atom is 0.329 e. The van der Waals surface area contributed by atoms with Crippen molar-refractivity contribution in [2.75, 3.05) is 6.54 Å². The zero-order chi connectivity index (χ0) is 17.4. The number of rotatable bonds is 2. The van der Waals surface area contributed by atoms with Gasteiger partial charge in [-0.25, -0.2) is 9.78 Å². The number of carbonyl (C=O) groups excluding carboxylic acids is 1. The first-order valence-electron chi connectivity index (χ1n) is 8.05. The van der Waals surface area contributed by atoms with Crippen molar-refractivity contribution in [1.29, 1.82) is 0 Å². The van der Waals surface area contributed by atoms with E-state index in [-0.39, 0.29) is 29.0 Å². The van der Waals surface area contributed by atoms with Crippen LogP contribution >= 0.6 is 0 Å². The molecule has 3 heterocycles. The van der Waals surface area contributed by atoms with E-state index in [1.165, 1.54) is 23.9 Å². The molecule has 2 atom stereocenters. The minimum Gasteiger partial charge on any atom is -0.334 e. The number of nitrogens with two attached hydrogens (primary N) is 1. The number of pyridine rings is 1. The largest absolute Gasteiger partial charge is 0.334 e. The summed E-state index contributed by atoms with van der Waals surface area (Å²) in [5, 5.41) is 0.220. The molecule has 1 fully saturated rings. The van der Waals surface area contributed by atoms with Crippen molar-refractivity contribution in [3.05, 3.63) is 38.7 Å². The highest BCUT2D eigenvalue weighted by atomic mass is 16.2. The summed E-state index contributed by atoms with van der Waals surface area (Å²) in [6.07, 6.45) is 4.27. The van der Waals surface area contributed by atoms with E-state index in [1.807, 2.05) is 6.92 Å². The van der Waals surface area contributed by atoms with E-state index in [2.05, 4.69) is 9.97 Å². The van der Waals surface area contributed by atoms with Crippen molar-refractivity contribution >= 4 is 16.9 Å². The molecule has 0 aliphatic carbocycles. The Morgan fingerprint density at radius 3 is 2.88 bits per heavy atom. The smallest absolute Gasteiger partial charge is 0.329 e. The summed E-state index contributed by atoms with van der Waals surface area (Å²) in [6.45, 7) is 2.54. The van der Waals surface area contributed by atoms with Gasteiger partial charge < -0.3 is 10.6 Å². The molecule has 3 N–H and O–H groups in total. The Hall–Kier alpha value is -2.48. The van der Waals surface area contributed by atoms with E-state index in [1.54, 1.807) is 4.90 Å². The average Bonchev–Trinajstić information content (AvgIpc) is 2.58. The van der Waals surface area contributed by atoms with Gasteiger partial charge in [0.05, 0.1) is 10.9 Å². The highest BCUT2D eigenvalue weighted by molar-refractivity contribution is 5.97. The van der Waals surface area contributed by atoms with Crippen molar-refractivity contribution in [2.24, 2.45) is 12.8 Å². The second-order valence-electron chi connectivity index (χ2n) is 6.33. The quantitative estimate of drug-likeness (QED) is 0.802. The number of amides is 1. The Bertz CT molecular complexity index is 899. The Balaban J connectivity index is 2.04. The number of aromatic amines is 1. The van der Waals surface area contributed by atoms with Gasteiger partial charge in [-0.05, 0) is 32.3 Å². The number of nitrogens with zero attached hydrogens (tertiary/aromatic N) is 3. The summed E-state index contributed by atoms with van der Waals surface area (Å²) in [7, 11) is 1.52. The van der Waals surface area contributed by atoms with Gasteiger partial charge in [-0.15, -0.1) is 0 Å². The molecular formula is C16H21N5O3. The summed E-state index contributed by atoms with van der Waals surface area (Å²) in [5.41, 5.74) is 5.53. The molecule has 8 nitrogen and oxygen atoms in total. The van der Waals surface area contributed by atoms with Gasteiger partial charge in [-0.1, -0.05) is 0 Å². The monoisotopic (exact) mass is 331 g/mol. The minimum absolute atomic E-state index is 0.0136. The molecule has 8 heteroatoms. The van der Waals surface area contributed by atoms with Crippen LogP contribution in [0.1, 0.15) is 36.5 Å². The average molecular weight is 331 g/mol. The molecule has 2 aromatic heterocycles. The lowest BCUT2D eigenvalue weighted by molar-refractivity contribution is 0.0583. The fourth-order valence-corrected chi connectivity index (χ4v) is 3.28. The van der Waals surface area contributed by atoms with Gasteiger partial charge in [0.2, 0.25) is 0 Å². The lowest BCUT2D eigenvalue weighted by atomic mass is 9.96. The molecule has 0 saturated carbocycles. The third kappa shape index (κ3) is 2.73. The minimum atomic E-state index is -0.544. The Labute approximate surface area is 138 Å². The molecule has 0 radical (unpaired) electrons. The number of hydrogen-bond acceptors (Lipinski definition) is 5. The van der Waals surface area contributed by atoms with Crippen molar-refractivity contribution in [3.63, 3.8) is 0 Å². The van der Waals surface area contributed by atoms with Gasteiger partial charge in [-0.2, -0.15) is 0 Å². The van der Waals surface area contributed by atoms with E-state index in [4.69, 9.17) is 5.73 Å². The van der Waals surface area contributed by atoms with Crippen molar-refractivity contribution in [3.8, 4) is 0 Å². The number of likely N-dealkylation sites (tertiary alicyclic amines) is 1. The second-order valence-corrected chi connectivity index (χ2v) is 6.33. The molecular weight excluding hydrogens is 310 g/mol. The molecule has 1 saturated heterocycles. The number of carbonyl (C=O) groups is 1. The Morgan fingerprint density at radius 1 is 1.42 bits per heavy atom. The predicted molar refractivity (Wildman–Crippen MR) is 89.9 cm³/mol. The summed E-state index contributed by atoms with van der Waals surface area (Å²) in [4.78, 5) is 44.7. The highest BCUT2D eigenvalue weighted by Gasteiger charge is 2.30. The van der Waals surface area contributed by atoms with Crippen LogP contribution in [0.5, 0.6) is 0 Å². The van der Waals surface area contributed by atoms with Crippen LogP contribution in [0.2, 0.25) is 0 Å². The number of fused-ring (bicyclic) bond motifs is 1. The number of aryl methyl sites for hydroxylation is 1. The van der Waals surface area contributed by atoms with Gasteiger partial charge in [0.1, 0.15) is 5.65 Å². The van der Waals surface area contributed by atoms with Crippen molar-refractivity contribution in [2.45, 2.75) is 38.3 Å². The Kier molecular flexibility index (Phi) is 4.23. The molecule has 0 aromatic carbocycles. The lowest BCUT2D eigenvalue weighted by Crippen LogP contribution is -2.51. The van der Waals surface area contributed by atoms with Crippen LogP contribution in [0.3, 0.4) is 0 Å². The van der Waals surface area contributed by atoms with Gasteiger partial charge >= 0.3 is 5.69 Å². The van der Waals surface area contributed by atoms with E-state index in [0.717, 1.165) is 19.3 Å². The van der Waals surface area contributed by atoms with Gasteiger partial charge in [0.25, 0.3) is 11.5 Å². The van der Waals surface area contributed by atoms with Crippen LogP contribution in [0.25, 0.3) is 11.0 Å². The topological polar surface area (TPSA) is 114 Å². The predicted octanol–water partition coefficient (Wildman–Crippen LogP) is -0.0363. The van der Waals surface area contributed by atoms with Crippen molar-refractivity contribution < 1.29 is 4.79 Å². The standard InChI is InChI=1S/C16H21N5O3/c1-9(17)12-5-3-4-6-21(12)15(23)10-7-11-13(18-8-10)20(2)16(24)19-14(11)22/h7-9,12H,3-6,17H2,1-2H3,(H,19,22,24)/t9-,12-/m1/s1. The summed E-state index contributed by atoms with van der Waals surface area (Å²) in [5.74, 6) is -0.181. The Morgan fingerprint density at radius 2 is 2.17 bits per heavy atom. The molecule has 24 heavy (non-hydrogen) atoms. The van der Waals surface area contributed by atoms with Crippen LogP contribution in [-0.4, -0.2) is 44.0 Å². The summed E-state index contributed by atoms with van der Waals surface area (Å²) in [6, 6.07) is 1.36. The first-order valence-corrected chi connectivity index (χ1v) is 8.05. The van der Waals surface area contributed by atoms with Crippen LogP contribution in [0.4, 0.5) is 0 Å². The number of hydrogen-bond donors (Lipinski definition) is 2. The SMILES string of the molecule is C[C@@H](N)[C@H]1CCCCN1C(=O)c1cnc2c(c1)c(=O)[nH]c(=O)n2C. The fourth-order valence-electron chi connectivity index (χ4n) is 3.28. The normalized spacial score (nSPS) is 19.5. The molecule has 2 aromatic rings. The van der Waals surface area contributed by atoms with E-state index in [9.17, 15) is 14.4 Å². The van der Waals surface area contributed by atoms with Crippen LogP contribution < -0.4 is 17.0 Å². The second kappa shape index (κ2) is 6.20. The van der Waals surface area contributed by atoms with E-state index < -0.39 is 11.2 Å². The lowest BCUT2D eigenvalue weighted by Gasteiger charge is -2.38. The molecule has 0 bridgehead atoms. The zero-order valence-corrected chi connectivity index (χ0v) is 13.8. The highest BCUT2D eigenvalue weighted by Crippen LogP contribution is 2.22. The molecule has 1 aliphatic heterocycles. The van der Waals surface area contributed by atoms with Crippen LogP contribution in [0.15, 0.2) is 21.9 Å². The number of aromatic nitrogens is 3. The maximum absolute atomic E-state index is 12.9.